The second-order valence-electron chi connectivity index (χ2n) is 5.79. The third-order valence-electron chi connectivity index (χ3n) is 4.14. The number of aliphatic imine (C=N–C) groups is 1. The molecular formula is C19H15ClN3O+. The first-order valence-electron chi connectivity index (χ1n) is 7.62. The fourth-order valence-corrected chi connectivity index (χ4v) is 3.16. The molecule has 2 aliphatic heterocycles. The van der Waals surface area contributed by atoms with Crippen molar-refractivity contribution in [3.8, 4) is 0 Å². The van der Waals surface area contributed by atoms with Crippen LogP contribution in [-0.2, 0) is 4.79 Å². The van der Waals surface area contributed by atoms with Gasteiger partial charge in [-0.3, -0.25) is 0 Å². The van der Waals surface area contributed by atoms with Crippen LogP contribution < -0.4 is 10.0 Å². The Kier molecular flexibility index (Phi) is 3.37. The summed E-state index contributed by atoms with van der Waals surface area (Å²) >= 11 is 5.99. The maximum absolute atomic E-state index is 13.1. The number of amides is 1. The number of quaternary nitrogens is 1. The largest absolute Gasteiger partial charge is 0.376 e. The van der Waals surface area contributed by atoms with E-state index in [4.69, 9.17) is 16.6 Å². The fraction of sp³-hybridized carbons (Fsp3) is 0.0526. The molecule has 118 valence electrons. The SMILES string of the molecule is CC1=CC2=NC(c3ccccc3)=CC(=O)[N+]2(c2ccc(Cl)cc2)N1. The van der Waals surface area contributed by atoms with E-state index in [1.165, 1.54) is 0 Å². The molecule has 2 aromatic rings. The summed E-state index contributed by atoms with van der Waals surface area (Å²) in [5, 5.41) is 0.629. The van der Waals surface area contributed by atoms with Gasteiger partial charge < -0.3 is 0 Å². The van der Waals surface area contributed by atoms with Crippen LogP contribution in [0.4, 0.5) is 5.69 Å². The molecule has 1 atom stereocenters. The van der Waals surface area contributed by atoms with E-state index in [0.29, 0.717) is 16.6 Å². The molecule has 0 fully saturated rings. The van der Waals surface area contributed by atoms with Gasteiger partial charge in [0.25, 0.3) is 5.84 Å². The number of amidine groups is 1. The number of benzene rings is 2. The Morgan fingerprint density at radius 2 is 1.71 bits per heavy atom. The van der Waals surface area contributed by atoms with Crippen LogP contribution in [-0.4, -0.2) is 11.7 Å². The summed E-state index contributed by atoms with van der Waals surface area (Å²) in [6.45, 7) is 1.92. The van der Waals surface area contributed by atoms with E-state index < -0.39 is 0 Å². The van der Waals surface area contributed by atoms with E-state index in [1.54, 1.807) is 18.2 Å². The van der Waals surface area contributed by atoms with Crippen molar-refractivity contribution >= 4 is 34.7 Å². The lowest BCUT2D eigenvalue weighted by Gasteiger charge is -2.31. The number of hydrogen-bond donors (Lipinski definition) is 1. The van der Waals surface area contributed by atoms with Crippen molar-refractivity contribution in [2.24, 2.45) is 4.99 Å². The molecule has 4 nitrogen and oxygen atoms in total. The number of nitrogens with one attached hydrogen (secondary N) is 1. The number of rotatable bonds is 2. The molecule has 1 unspecified atom stereocenters. The first-order chi connectivity index (χ1) is 11.6. The highest BCUT2D eigenvalue weighted by atomic mass is 35.5. The lowest BCUT2D eigenvalue weighted by atomic mass is 10.1. The molecule has 5 heteroatoms. The van der Waals surface area contributed by atoms with Gasteiger partial charge in [0.05, 0.1) is 17.5 Å². The Balaban J connectivity index is 1.86. The minimum Gasteiger partial charge on any atom is -0.222 e. The summed E-state index contributed by atoms with van der Waals surface area (Å²) in [5.41, 5.74) is 6.52. The third-order valence-corrected chi connectivity index (χ3v) is 4.39. The maximum atomic E-state index is 13.1. The normalized spacial score (nSPS) is 22.2. The fourth-order valence-electron chi connectivity index (χ4n) is 3.03. The van der Waals surface area contributed by atoms with Crippen molar-refractivity contribution < 1.29 is 4.79 Å². The van der Waals surface area contributed by atoms with Gasteiger partial charge in [-0.05, 0) is 19.1 Å². The standard InChI is InChI=1S/C19H14ClN3O/c1-13-11-18-21-17(14-5-3-2-4-6-14)12-19(24)23(18,22-13)16-9-7-15(20)8-10-16/h2-12H,1H3/p+1. The van der Waals surface area contributed by atoms with Crippen molar-refractivity contribution in [1.82, 2.24) is 10.0 Å². The number of carbonyl (C=O) groups is 1. The van der Waals surface area contributed by atoms with Gasteiger partial charge in [-0.1, -0.05) is 46.5 Å². The van der Waals surface area contributed by atoms with Crippen LogP contribution in [0.5, 0.6) is 0 Å². The van der Waals surface area contributed by atoms with Crippen molar-refractivity contribution in [2.75, 3.05) is 0 Å². The Morgan fingerprint density at radius 3 is 2.42 bits per heavy atom. The van der Waals surface area contributed by atoms with E-state index >= 15 is 0 Å². The minimum absolute atomic E-state index is 0.0886. The molecule has 0 saturated carbocycles. The van der Waals surface area contributed by atoms with Crippen LogP contribution in [0.15, 0.2) is 77.4 Å². The Bertz CT molecular complexity index is 913. The van der Waals surface area contributed by atoms with Crippen molar-refractivity contribution in [3.63, 3.8) is 0 Å². The van der Waals surface area contributed by atoms with Crippen LogP contribution >= 0.6 is 11.6 Å². The molecule has 2 aromatic carbocycles. The highest BCUT2D eigenvalue weighted by Crippen LogP contribution is 2.34. The number of carbonyl (C=O) groups excluding carboxylic acids is 1. The molecule has 4 rings (SSSR count). The minimum atomic E-state index is -0.140. The summed E-state index contributed by atoms with van der Waals surface area (Å²) in [5.74, 6) is 0.565. The molecule has 0 spiro atoms. The lowest BCUT2D eigenvalue weighted by Crippen LogP contribution is -2.63. The molecule has 0 radical (unpaired) electrons. The third kappa shape index (κ3) is 2.19. The first kappa shape index (κ1) is 14.9. The van der Waals surface area contributed by atoms with E-state index in [2.05, 4.69) is 5.43 Å². The monoisotopic (exact) mass is 336 g/mol. The van der Waals surface area contributed by atoms with Crippen molar-refractivity contribution in [3.05, 3.63) is 83.0 Å². The average molecular weight is 337 g/mol. The Morgan fingerprint density at radius 1 is 1.00 bits per heavy atom. The second-order valence-corrected chi connectivity index (χ2v) is 6.23. The van der Waals surface area contributed by atoms with Gasteiger partial charge in [-0.2, -0.15) is 4.99 Å². The molecule has 0 saturated heterocycles. The molecule has 0 aliphatic carbocycles. The molecule has 0 bridgehead atoms. The van der Waals surface area contributed by atoms with Crippen LogP contribution in [0.2, 0.25) is 5.02 Å². The van der Waals surface area contributed by atoms with E-state index in [-0.39, 0.29) is 10.5 Å². The van der Waals surface area contributed by atoms with Crippen molar-refractivity contribution in [2.45, 2.75) is 6.92 Å². The van der Waals surface area contributed by atoms with Gasteiger partial charge in [-0.15, -0.1) is 0 Å². The molecule has 2 aliphatic rings. The first-order valence-corrected chi connectivity index (χ1v) is 8.00. The smallest absolute Gasteiger partial charge is 0.222 e. The molecule has 2 heterocycles. The number of halogens is 1. The number of nitrogens with zero attached hydrogens (tertiary/aromatic N) is 2. The number of hydrogen-bond acceptors (Lipinski definition) is 3. The van der Waals surface area contributed by atoms with Crippen LogP contribution in [0.3, 0.4) is 0 Å². The summed E-state index contributed by atoms with van der Waals surface area (Å²) < 4.78 is -0.140. The summed E-state index contributed by atoms with van der Waals surface area (Å²) in [6.07, 6.45) is 3.50. The van der Waals surface area contributed by atoms with E-state index in [0.717, 1.165) is 16.9 Å². The van der Waals surface area contributed by atoms with Gasteiger partial charge >= 0.3 is 5.91 Å². The Hall–Kier alpha value is -2.69. The quantitative estimate of drug-likeness (QED) is 0.841. The highest BCUT2D eigenvalue weighted by Gasteiger charge is 2.50. The average Bonchev–Trinajstić information content (AvgIpc) is 2.94. The van der Waals surface area contributed by atoms with Crippen LogP contribution in [0.25, 0.3) is 5.70 Å². The van der Waals surface area contributed by atoms with Crippen LogP contribution in [0, 0.1) is 0 Å². The van der Waals surface area contributed by atoms with Gasteiger partial charge in [0.15, 0.2) is 5.69 Å². The summed E-state index contributed by atoms with van der Waals surface area (Å²) in [6, 6.07) is 17.0. The molecular weight excluding hydrogens is 322 g/mol. The summed E-state index contributed by atoms with van der Waals surface area (Å²) in [7, 11) is 0. The predicted octanol–water partition coefficient (Wildman–Crippen LogP) is 4.05. The highest BCUT2D eigenvalue weighted by molar-refractivity contribution is 6.31. The van der Waals surface area contributed by atoms with Gasteiger partial charge in [0.2, 0.25) is 0 Å². The maximum Gasteiger partial charge on any atom is 0.376 e. The lowest BCUT2D eigenvalue weighted by molar-refractivity contribution is -0.123. The molecule has 1 N–H and O–H groups in total. The van der Waals surface area contributed by atoms with Crippen LogP contribution in [0.1, 0.15) is 12.5 Å². The zero-order chi connectivity index (χ0) is 16.7. The topological polar surface area (TPSA) is 41.5 Å². The van der Waals surface area contributed by atoms with E-state index in [1.807, 2.05) is 55.5 Å². The Labute approximate surface area is 145 Å². The van der Waals surface area contributed by atoms with Gasteiger partial charge in [0.1, 0.15) is 0 Å². The van der Waals surface area contributed by atoms with Gasteiger partial charge in [0, 0.05) is 28.8 Å². The van der Waals surface area contributed by atoms with Crippen molar-refractivity contribution in [1.29, 1.82) is 0 Å². The molecule has 0 aromatic heterocycles. The van der Waals surface area contributed by atoms with E-state index in [9.17, 15) is 4.79 Å². The zero-order valence-electron chi connectivity index (χ0n) is 13.0. The second kappa shape index (κ2) is 5.44. The number of allylic oxidation sites excluding steroid dienone is 1. The molecule has 24 heavy (non-hydrogen) atoms. The predicted molar refractivity (Wildman–Crippen MR) is 97.0 cm³/mol. The molecule has 1 amide bonds. The number of fused-ring (bicyclic) bond motifs is 1. The zero-order valence-corrected chi connectivity index (χ0v) is 13.8. The van der Waals surface area contributed by atoms with Gasteiger partial charge in [-0.25, -0.2) is 10.2 Å². The summed E-state index contributed by atoms with van der Waals surface area (Å²) in [4.78, 5) is 17.8.